The molecule has 20 heavy (non-hydrogen) atoms. The highest BCUT2D eigenvalue weighted by Crippen LogP contribution is 2.19. The van der Waals surface area contributed by atoms with Crippen molar-refractivity contribution in [2.24, 2.45) is 0 Å². The Kier molecular flexibility index (Phi) is 4.13. The summed E-state index contributed by atoms with van der Waals surface area (Å²) in [7, 11) is 0. The number of hydrogen-bond acceptors (Lipinski definition) is 2. The lowest BCUT2D eigenvalue weighted by atomic mass is 10.2. The number of quaternary nitrogens is 1. The van der Waals surface area contributed by atoms with E-state index in [0.717, 1.165) is 44.0 Å². The van der Waals surface area contributed by atoms with E-state index in [1.54, 1.807) is 0 Å². The van der Waals surface area contributed by atoms with Crippen LogP contribution in [0.25, 0.3) is 0 Å². The van der Waals surface area contributed by atoms with Crippen molar-refractivity contribution < 1.29 is 9.69 Å². The fourth-order valence-electron chi connectivity index (χ4n) is 2.66. The number of nitrogens with one attached hydrogen (secondary N) is 2. The molecule has 2 fully saturated rings. The molecule has 1 aliphatic carbocycles. The minimum absolute atomic E-state index is 0.207. The molecule has 0 bridgehead atoms. The summed E-state index contributed by atoms with van der Waals surface area (Å²) >= 11 is 6.03. The van der Waals surface area contributed by atoms with E-state index in [2.05, 4.69) is 16.3 Å². The largest absolute Gasteiger partial charge is 0.360 e. The summed E-state index contributed by atoms with van der Waals surface area (Å²) in [6.45, 7) is 4.58. The molecular weight excluding hydrogens is 274 g/mol. The Hall–Kier alpha value is -1.26. The highest BCUT2D eigenvalue weighted by Gasteiger charge is 2.27. The van der Waals surface area contributed by atoms with E-state index in [1.165, 1.54) is 10.6 Å². The number of carbonyl (C=O) groups is 1. The molecule has 0 radical (unpaired) electrons. The van der Waals surface area contributed by atoms with Crippen LogP contribution >= 0.6 is 11.6 Å². The molecule has 4 nitrogen and oxygen atoms in total. The molecular formula is C15H21ClN3O+. The van der Waals surface area contributed by atoms with Crippen molar-refractivity contribution >= 4 is 23.2 Å². The number of hydrogen-bond donors (Lipinski definition) is 2. The second-order valence-corrected chi connectivity index (χ2v) is 6.17. The molecule has 1 aliphatic heterocycles. The molecule has 1 amide bonds. The molecule has 0 spiro atoms. The number of carbonyl (C=O) groups excluding carboxylic acids is 1. The zero-order valence-electron chi connectivity index (χ0n) is 11.6. The molecule has 0 aromatic heterocycles. The normalized spacial score (nSPS) is 19.9. The topological polar surface area (TPSA) is 36.8 Å². The number of anilines is 1. The third-order valence-electron chi connectivity index (χ3n) is 4.00. The highest BCUT2D eigenvalue weighted by atomic mass is 35.5. The van der Waals surface area contributed by atoms with Crippen LogP contribution in [0.1, 0.15) is 12.8 Å². The molecule has 3 rings (SSSR count). The van der Waals surface area contributed by atoms with Crippen molar-refractivity contribution in [2.45, 2.75) is 18.9 Å². The predicted molar refractivity (Wildman–Crippen MR) is 80.4 cm³/mol. The molecule has 1 saturated heterocycles. The van der Waals surface area contributed by atoms with E-state index < -0.39 is 0 Å². The second-order valence-electron chi connectivity index (χ2n) is 5.74. The van der Waals surface area contributed by atoms with Crippen LogP contribution < -0.4 is 15.1 Å². The lowest BCUT2D eigenvalue weighted by Gasteiger charge is -2.33. The molecule has 2 aliphatic rings. The van der Waals surface area contributed by atoms with Gasteiger partial charge in [-0.05, 0) is 31.0 Å². The first-order valence-electron chi connectivity index (χ1n) is 7.34. The Labute approximate surface area is 124 Å². The Balaban J connectivity index is 1.47. The van der Waals surface area contributed by atoms with Crippen LogP contribution in [0.4, 0.5) is 5.69 Å². The van der Waals surface area contributed by atoms with Crippen molar-refractivity contribution in [1.29, 1.82) is 0 Å². The zero-order chi connectivity index (χ0) is 13.9. The lowest BCUT2D eigenvalue weighted by molar-refractivity contribution is -0.892. The van der Waals surface area contributed by atoms with Crippen molar-refractivity contribution in [3.05, 3.63) is 29.3 Å². The SMILES string of the molecule is O=C(C[NH+]1CCN(c2cccc(Cl)c2)CC1)NC1CC1. The number of halogens is 1. The van der Waals surface area contributed by atoms with E-state index in [-0.39, 0.29) is 5.91 Å². The van der Waals surface area contributed by atoms with Crippen LogP contribution in [-0.4, -0.2) is 44.7 Å². The highest BCUT2D eigenvalue weighted by molar-refractivity contribution is 6.30. The summed E-state index contributed by atoms with van der Waals surface area (Å²) in [4.78, 5) is 15.5. The average Bonchev–Trinajstić information content (AvgIpc) is 3.23. The van der Waals surface area contributed by atoms with Crippen molar-refractivity contribution in [3.8, 4) is 0 Å². The number of piperazine rings is 1. The van der Waals surface area contributed by atoms with Crippen molar-refractivity contribution in [2.75, 3.05) is 37.6 Å². The summed E-state index contributed by atoms with van der Waals surface area (Å²) in [6, 6.07) is 8.45. The third-order valence-corrected chi connectivity index (χ3v) is 4.23. The van der Waals surface area contributed by atoms with Gasteiger partial charge in [0.1, 0.15) is 0 Å². The first kappa shape index (κ1) is 13.7. The average molecular weight is 295 g/mol. The predicted octanol–water partition coefficient (Wildman–Crippen LogP) is 0.324. The van der Waals surface area contributed by atoms with Crippen LogP contribution in [-0.2, 0) is 4.79 Å². The van der Waals surface area contributed by atoms with Gasteiger partial charge < -0.3 is 15.1 Å². The van der Waals surface area contributed by atoms with Gasteiger partial charge in [-0.1, -0.05) is 17.7 Å². The summed E-state index contributed by atoms with van der Waals surface area (Å²) in [5, 5.41) is 3.84. The molecule has 1 aromatic rings. The minimum atomic E-state index is 0.207. The minimum Gasteiger partial charge on any atom is -0.360 e. The van der Waals surface area contributed by atoms with Gasteiger partial charge >= 0.3 is 0 Å². The van der Waals surface area contributed by atoms with E-state index in [1.807, 2.05) is 18.2 Å². The first-order chi connectivity index (χ1) is 9.70. The molecule has 1 saturated carbocycles. The van der Waals surface area contributed by atoms with Gasteiger partial charge in [0.05, 0.1) is 26.2 Å². The monoisotopic (exact) mass is 294 g/mol. The Morgan fingerprint density at radius 3 is 2.75 bits per heavy atom. The molecule has 0 atom stereocenters. The van der Waals surface area contributed by atoms with Gasteiger partial charge in [-0.25, -0.2) is 0 Å². The maximum atomic E-state index is 11.8. The van der Waals surface area contributed by atoms with Gasteiger partial charge in [0.15, 0.2) is 6.54 Å². The second kappa shape index (κ2) is 6.02. The molecule has 1 aromatic carbocycles. The van der Waals surface area contributed by atoms with Gasteiger partial charge in [0.2, 0.25) is 0 Å². The van der Waals surface area contributed by atoms with E-state index in [4.69, 9.17) is 11.6 Å². The van der Waals surface area contributed by atoms with Gasteiger partial charge in [-0.2, -0.15) is 0 Å². The maximum absolute atomic E-state index is 11.8. The van der Waals surface area contributed by atoms with Crippen molar-refractivity contribution in [3.63, 3.8) is 0 Å². The van der Waals surface area contributed by atoms with Gasteiger partial charge in [-0.3, -0.25) is 4.79 Å². The van der Waals surface area contributed by atoms with Crippen LogP contribution in [0.2, 0.25) is 5.02 Å². The molecule has 1 heterocycles. The summed E-state index contributed by atoms with van der Waals surface area (Å²) in [5.74, 6) is 0.207. The van der Waals surface area contributed by atoms with Crippen LogP contribution in [0, 0.1) is 0 Å². The van der Waals surface area contributed by atoms with Gasteiger partial charge in [0.25, 0.3) is 5.91 Å². The lowest BCUT2D eigenvalue weighted by Crippen LogP contribution is -3.16. The number of amides is 1. The molecule has 108 valence electrons. The molecule has 5 heteroatoms. The quantitative estimate of drug-likeness (QED) is 0.839. The fraction of sp³-hybridized carbons (Fsp3) is 0.533. The summed E-state index contributed by atoms with van der Waals surface area (Å²) in [6.07, 6.45) is 2.31. The summed E-state index contributed by atoms with van der Waals surface area (Å²) < 4.78 is 0. The van der Waals surface area contributed by atoms with Gasteiger partial charge in [-0.15, -0.1) is 0 Å². The number of benzene rings is 1. The Morgan fingerprint density at radius 1 is 1.35 bits per heavy atom. The third kappa shape index (κ3) is 3.64. The van der Waals surface area contributed by atoms with E-state index in [9.17, 15) is 4.79 Å². The standard InChI is InChI=1S/C15H20ClN3O/c16-12-2-1-3-14(10-12)19-8-6-18(7-9-19)11-15(20)17-13-4-5-13/h1-3,10,13H,4-9,11H2,(H,17,20)/p+1. The van der Waals surface area contributed by atoms with Crippen LogP contribution in [0.3, 0.4) is 0 Å². The fourth-order valence-corrected chi connectivity index (χ4v) is 2.85. The Morgan fingerprint density at radius 2 is 2.10 bits per heavy atom. The number of rotatable bonds is 4. The van der Waals surface area contributed by atoms with Gasteiger partial charge in [0, 0.05) is 16.8 Å². The Bertz CT molecular complexity index is 482. The van der Waals surface area contributed by atoms with E-state index in [0.29, 0.717) is 12.6 Å². The first-order valence-corrected chi connectivity index (χ1v) is 7.72. The molecule has 0 unspecified atom stereocenters. The number of nitrogens with zero attached hydrogens (tertiary/aromatic N) is 1. The maximum Gasteiger partial charge on any atom is 0.275 e. The van der Waals surface area contributed by atoms with Crippen LogP contribution in [0.15, 0.2) is 24.3 Å². The van der Waals surface area contributed by atoms with Crippen LogP contribution in [0.5, 0.6) is 0 Å². The molecule has 2 N–H and O–H groups in total. The summed E-state index contributed by atoms with van der Waals surface area (Å²) in [5.41, 5.74) is 1.18. The smallest absolute Gasteiger partial charge is 0.275 e. The van der Waals surface area contributed by atoms with Crippen molar-refractivity contribution in [1.82, 2.24) is 5.32 Å². The van der Waals surface area contributed by atoms with E-state index >= 15 is 0 Å². The zero-order valence-corrected chi connectivity index (χ0v) is 12.3.